The lowest BCUT2D eigenvalue weighted by molar-refractivity contribution is 0.297. The molecule has 0 aliphatic carbocycles. The summed E-state index contributed by atoms with van der Waals surface area (Å²) in [4.78, 5) is -0.0253. The van der Waals surface area contributed by atoms with E-state index in [-0.39, 0.29) is 4.83 Å². The number of alkyl halides is 1. The molecule has 1 aliphatic heterocycles. The average molecular weight is 402 g/mol. The van der Waals surface area contributed by atoms with Gasteiger partial charge in [0.2, 0.25) is 0 Å². The smallest absolute Gasteiger partial charge is 0.162 e. The van der Waals surface area contributed by atoms with Crippen LogP contribution < -0.4 is 9.47 Å². The molecule has 106 valence electrons. The molecule has 0 radical (unpaired) electrons. The highest BCUT2D eigenvalue weighted by molar-refractivity contribution is 9.11. The van der Waals surface area contributed by atoms with E-state index in [0.717, 1.165) is 39.5 Å². The first-order valence-corrected chi connectivity index (χ1v) is 8.15. The second kappa shape index (κ2) is 5.82. The largest absolute Gasteiger partial charge is 0.490 e. The average Bonchev–Trinajstić information content (AvgIpc) is 2.73. The highest BCUT2D eigenvalue weighted by Crippen LogP contribution is 2.42. The molecule has 2 heterocycles. The van der Waals surface area contributed by atoms with Crippen molar-refractivity contribution in [2.75, 3.05) is 13.2 Å². The number of rotatable bonds is 2. The van der Waals surface area contributed by atoms with Gasteiger partial charge in [0.25, 0.3) is 0 Å². The third-order valence-electron chi connectivity index (χ3n) is 3.15. The highest BCUT2D eigenvalue weighted by Gasteiger charge is 2.21. The van der Waals surface area contributed by atoms with Gasteiger partial charge in [-0.15, -0.1) is 0 Å². The molecule has 2 aromatic rings. The minimum atomic E-state index is -0.0253. The van der Waals surface area contributed by atoms with Crippen LogP contribution in [0.5, 0.6) is 11.5 Å². The van der Waals surface area contributed by atoms with Crippen LogP contribution in [-0.4, -0.2) is 13.2 Å². The van der Waals surface area contributed by atoms with Crippen molar-refractivity contribution in [3.63, 3.8) is 0 Å². The molecule has 1 atom stereocenters. The van der Waals surface area contributed by atoms with Crippen molar-refractivity contribution in [1.82, 2.24) is 0 Å². The van der Waals surface area contributed by atoms with E-state index < -0.39 is 0 Å². The molecule has 5 heteroatoms. The lowest BCUT2D eigenvalue weighted by Gasteiger charge is -2.14. The monoisotopic (exact) mass is 400 g/mol. The second-order valence-corrected chi connectivity index (χ2v) is 6.45. The van der Waals surface area contributed by atoms with Crippen LogP contribution in [0, 0.1) is 6.92 Å². The van der Waals surface area contributed by atoms with Gasteiger partial charge in [0.15, 0.2) is 11.5 Å². The predicted molar refractivity (Wildman–Crippen MR) is 84.0 cm³/mol. The summed E-state index contributed by atoms with van der Waals surface area (Å²) in [6.45, 7) is 3.31. The maximum Gasteiger partial charge on any atom is 0.162 e. The number of ether oxygens (including phenoxy) is 2. The Balaban J connectivity index is 1.99. The third kappa shape index (κ3) is 2.74. The standard InChI is InChI=1S/C15H14Br2O3/c1-9-3-4-12(20-9)15(17)10-7-13-14(8-11(10)16)19-6-2-5-18-13/h3-4,7-8,15H,2,5-6H2,1H3. The van der Waals surface area contributed by atoms with Crippen molar-refractivity contribution in [2.24, 2.45) is 0 Å². The van der Waals surface area contributed by atoms with Crippen LogP contribution in [0.1, 0.15) is 28.3 Å². The molecular formula is C15H14Br2O3. The van der Waals surface area contributed by atoms with Gasteiger partial charge in [-0.25, -0.2) is 0 Å². The first kappa shape index (κ1) is 14.0. The zero-order valence-electron chi connectivity index (χ0n) is 11.0. The topological polar surface area (TPSA) is 31.6 Å². The van der Waals surface area contributed by atoms with Gasteiger partial charge in [0.05, 0.1) is 18.0 Å². The van der Waals surface area contributed by atoms with E-state index in [1.54, 1.807) is 0 Å². The SMILES string of the molecule is Cc1ccc(C(Br)c2cc3c(cc2Br)OCCCO3)o1. The Kier molecular flexibility index (Phi) is 4.08. The fourth-order valence-electron chi connectivity index (χ4n) is 2.14. The van der Waals surface area contributed by atoms with Gasteiger partial charge in [-0.3, -0.25) is 0 Å². The number of hydrogen-bond acceptors (Lipinski definition) is 3. The molecule has 0 saturated carbocycles. The van der Waals surface area contributed by atoms with E-state index in [1.165, 1.54) is 0 Å². The van der Waals surface area contributed by atoms with Crippen LogP contribution in [0.2, 0.25) is 0 Å². The Hall–Kier alpha value is -0.940. The number of benzene rings is 1. The number of fused-ring (bicyclic) bond motifs is 1. The lowest BCUT2D eigenvalue weighted by Crippen LogP contribution is -1.97. The highest BCUT2D eigenvalue weighted by atomic mass is 79.9. The van der Waals surface area contributed by atoms with Crippen molar-refractivity contribution in [1.29, 1.82) is 0 Å². The molecule has 0 amide bonds. The van der Waals surface area contributed by atoms with Crippen molar-refractivity contribution in [2.45, 2.75) is 18.2 Å². The minimum Gasteiger partial charge on any atom is -0.490 e. The molecule has 3 nitrogen and oxygen atoms in total. The first-order valence-electron chi connectivity index (χ1n) is 6.44. The van der Waals surface area contributed by atoms with Gasteiger partial charge >= 0.3 is 0 Å². The molecule has 1 aliphatic rings. The van der Waals surface area contributed by atoms with Crippen molar-refractivity contribution < 1.29 is 13.9 Å². The van der Waals surface area contributed by atoms with Gasteiger partial charge in [-0.05, 0) is 36.8 Å². The molecular weight excluding hydrogens is 388 g/mol. The first-order chi connectivity index (χ1) is 9.65. The van der Waals surface area contributed by atoms with E-state index >= 15 is 0 Å². The molecule has 1 unspecified atom stereocenters. The minimum absolute atomic E-state index is 0.0253. The lowest BCUT2D eigenvalue weighted by atomic mass is 10.1. The summed E-state index contributed by atoms with van der Waals surface area (Å²) in [7, 11) is 0. The van der Waals surface area contributed by atoms with E-state index in [9.17, 15) is 0 Å². The summed E-state index contributed by atoms with van der Waals surface area (Å²) in [5.41, 5.74) is 1.06. The Labute approximate surface area is 134 Å². The summed E-state index contributed by atoms with van der Waals surface area (Å²) in [5.74, 6) is 3.34. The quantitative estimate of drug-likeness (QED) is 0.664. The molecule has 1 aromatic heterocycles. The maximum atomic E-state index is 5.74. The fourth-order valence-corrected chi connectivity index (χ4v) is 3.62. The predicted octanol–water partition coefficient (Wildman–Crippen LogP) is 5.00. The van der Waals surface area contributed by atoms with E-state index in [0.29, 0.717) is 13.2 Å². The second-order valence-electron chi connectivity index (χ2n) is 4.68. The fraction of sp³-hybridized carbons (Fsp3) is 0.333. The molecule has 1 aromatic carbocycles. The van der Waals surface area contributed by atoms with E-state index in [2.05, 4.69) is 31.9 Å². The number of hydrogen-bond donors (Lipinski definition) is 0. The molecule has 3 rings (SSSR count). The van der Waals surface area contributed by atoms with Crippen molar-refractivity contribution >= 4 is 31.9 Å². The van der Waals surface area contributed by atoms with Crippen LogP contribution in [0.4, 0.5) is 0 Å². The molecule has 0 N–H and O–H groups in total. The van der Waals surface area contributed by atoms with Crippen molar-refractivity contribution in [3.8, 4) is 11.5 Å². The van der Waals surface area contributed by atoms with Gasteiger partial charge in [0.1, 0.15) is 11.5 Å². The van der Waals surface area contributed by atoms with Crippen LogP contribution in [0.3, 0.4) is 0 Å². The van der Waals surface area contributed by atoms with Crippen LogP contribution in [0.25, 0.3) is 0 Å². The number of aryl methyl sites for hydroxylation is 1. The Morgan fingerprint density at radius 2 is 1.80 bits per heavy atom. The summed E-state index contributed by atoms with van der Waals surface area (Å²) in [5, 5.41) is 0. The van der Waals surface area contributed by atoms with E-state index in [4.69, 9.17) is 13.9 Å². The zero-order valence-corrected chi connectivity index (χ0v) is 14.2. The maximum absolute atomic E-state index is 5.74. The molecule has 0 fully saturated rings. The molecule has 0 saturated heterocycles. The molecule has 0 bridgehead atoms. The summed E-state index contributed by atoms with van der Waals surface area (Å²) < 4.78 is 18.1. The number of halogens is 2. The van der Waals surface area contributed by atoms with Gasteiger partial charge in [0, 0.05) is 10.9 Å². The van der Waals surface area contributed by atoms with Crippen LogP contribution >= 0.6 is 31.9 Å². The summed E-state index contributed by atoms with van der Waals surface area (Å²) in [6.07, 6.45) is 0.900. The van der Waals surface area contributed by atoms with Crippen molar-refractivity contribution in [3.05, 3.63) is 45.8 Å². The third-order valence-corrected chi connectivity index (χ3v) is 4.78. The van der Waals surface area contributed by atoms with Gasteiger partial charge in [-0.2, -0.15) is 0 Å². The van der Waals surface area contributed by atoms with Crippen LogP contribution in [0.15, 0.2) is 33.2 Å². The normalized spacial score (nSPS) is 15.8. The van der Waals surface area contributed by atoms with Gasteiger partial charge < -0.3 is 13.9 Å². The zero-order chi connectivity index (χ0) is 14.1. The molecule has 20 heavy (non-hydrogen) atoms. The summed E-state index contributed by atoms with van der Waals surface area (Å²) >= 11 is 7.28. The van der Waals surface area contributed by atoms with Crippen LogP contribution in [-0.2, 0) is 0 Å². The summed E-state index contributed by atoms with van der Waals surface area (Å²) in [6, 6.07) is 7.90. The van der Waals surface area contributed by atoms with Gasteiger partial charge in [-0.1, -0.05) is 31.9 Å². The van der Waals surface area contributed by atoms with E-state index in [1.807, 2.05) is 31.2 Å². The Bertz CT molecular complexity index is 622. The number of furan rings is 1. The Morgan fingerprint density at radius 1 is 1.10 bits per heavy atom. The molecule has 0 spiro atoms. The Morgan fingerprint density at radius 3 is 2.45 bits per heavy atom.